The number of rotatable bonds is 1. The van der Waals surface area contributed by atoms with E-state index in [1.165, 1.54) is 0 Å². The Morgan fingerprint density at radius 3 is 1.00 bits per heavy atom. The predicted molar refractivity (Wildman–Crippen MR) is 33.1 cm³/mol. The minimum Gasteiger partial charge on any atom is -0.222 e. The third-order valence-electron chi connectivity index (χ3n) is 0.132. The molecule has 0 radical (unpaired) electrons. The first-order chi connectivity index (χ1) is 5.74. The summed E-state index contributed by atoms with van der Waals surface area (Å²) in [6.07, 6.45) is 3.53. The summed E-state index contributed by atoms with van der Waals surface area (Å²) in [5.41, 5.74) is 0. The Morgan fingerprint density at radius 2 is 0.917 bits per heavy atom. The zero-order valence-electron chi connectivity index (χ0n) is 5.53. The Morgan fingerprint density at radius 1 is 0.750 bits per heavy atom. The quantitative estimate of drug-likeness (QED) is 0.307. The van der Waals surface area contributed by atoms with Gasteiger partial charge in [0.05, 0.1) is 0 Å². The molecule has 8 nitrogen and oxygen atoms in total. The van der Waals surface area contributed by atoms with E-state index >= 15 is 0 Å². The fourth-order valence-electron chi connectivity index (χ4n) is 0.0408. The van der Waals surface area contributed by atoms with Gasteiger partial charge in [0, 0.05) is 0 Å². The topological polar surface area (TPSA) is 141 Å². The molecular weight excluding hydrogens is 168 g/mol. The molecule has 0 aromatic rings. The molecule has 0 aromatic carbocycles. The van der Waals surface area contributed by atoms with Crippen LogP contribution in [0.1, 0.15) is 0 Å². The van der Waals surface area contributed by atoms with Crippen LogP contribution in [-0.2, 0) is 19.2 Å². The number of isocyanates is 4. The minimum absolute atomic E-state index is 0.750. The van der Waals surface area contributed by atoms with E-state index in [9.17, 15) is 0 Å². The van der Waals surface area contributed by atoms with Gasteiger partial charge >= 0.3 is 0 Å². The van der Waals surface area contributed by atoms with Crippen molar-refractivity contribution in [2.24, 2.45) is 10.2 Å². The number of hydrogen-bond donors (Lipinski definition) is 2. The Bertz CT molecular complexity index is 220. The number of hydrogen-bond acceptors (Lipinski definition) is 8. The van der Waals surface area contributed by atoms with E-state index in [1.807, 2.05) is 0 Å². The van der Waals surface area contributed by atoms with Crippen LogP contribution in [0.15, 0.2) is 10.2 Å². The van der Waals surface area contributed by atoms with Crippen LogP contribution in [0, 0.1) is 10.8 Å². The molecule has 0 bridgehead atoms. The normalized spacial score (nSPS) is 3.67. The number of carbonyl (C=O) groups excluding carboxylic acids is 4. The van der Waals surface area contributed by atoms with Crippen molar-refractivity contribution in [3.8, 4) is 0 Å². The van der Waals surface area contributed by atoms with Crippen molar-refractivity contribution in [3.05, 3.63) is 0 Å². The third kappa shape index (κ3) is 1180. The third-order valence-corrected chi connectivity index (χ3v) is 0.132. The molecule has 0 unspecified atom stereocenters. The van der Waals surface area contributed by atoms with Crippen molar-refractivity contribution in [2.75, 3.05) is 0 Å². The molecule has 0 aliphatic rings. The molecule has 8 heteroatoms. The summed E-state index contributed by atoms with van der Waals surface area (Å²) in [5.74, 6) is 0. The first-order valence-electron chi connectivity index (χ1n) is 1.96. The van der Waals surface area contributed by atoms with Gasteiger partial charge < -0.3 is 0 Å². The first-order valence-corrected chi connectivity index (χ1v) is 1.96. The van der Waals surface area contributed by atoms with Crippen LogP contribution >= 0.6 is 0 Å². The largest absolute Gasteiger partial charge is 0.261 e. The SMILES string of the molecule is N=C=O.N=C=O.O=C=NN=C=O. The highest BCUT2D eigenvalue weighted by Crippen LogP contribution is 1.52. The fraction of sp³-hybridized carbons (Fsp3) is 0. The van der Waals surface area contributed by atoms with Gasteiger partial charge in [-0.1, -0.05) is 10.2 Å². The highest BCUT2D eigenvalue weighted by atomic mass is 16.1. The second-order valence-corrected chi connectivity index (χ2v) is 0.587. The van der Waals surface area contributed by atoms with Gasteiger partial charge in [-0.3, -0.25) is 0 Å². The smallest absolute Gasteiger partial charge is 0.222 e. The molecule has 62 valence electrons. The Labute approximate surface area is 65.6 Å². The van der Waals surface area contributed by atoms with Crippen molar-refractivity contribution < 1.29 is 19.2 Å². The Kier molecular flexibility index (Phi) is 52.7. The number of nitrogens with zero attached hydrogens (tertiary/aromatic N) is 2. The molecule has 0 spiro atoms. The zero-order chi connectivity index (χ0) is 10.2. The molecular formula is C4H2N4O4. The Hall–Kier alpha value is -2.48. The molecule has 0 rings (SSSR count). The monoisotopic (exact) mass is 170 g/mol. The van der Waals surface area contributed by atoms with E-state index < -0.39 is 0 Å². The molecule has 0 amide bonds. The van der Waals surface area contributed by atoms with Crippen LogP contribution in [-0.4, -0.2) is 24.3 Å². The van der Waals surface area contributed by atoms with Gasteiger partial charge in [-0.05, 0) is 0 Å². The van der Waals surface area contributed by atoms with Crippen LogP contribution in [0.25, 0.3) is 0 Å². The molecule has 0 aliphatic heterocycles. The van der Waals surface area contributed by atoms with E-state index in [0.717, 1.165) is 24.3 Å². The lowest BCUT2D eigenvalue weighted by molar-refractivity contribution is 0.557. The van der Waals surface area contributed by atoms with Gasteiger partial charge in [0.25, 0.3) is 12.2 Å². The molecule has 0 aliphatic carbocycles. The second kappa shape index (κ2) is 38.9. The summed E-state index contributed by atoms with van der Waals surface area (Å²) in [6.45, 7) is 0. The lowest BCUT2D eigenvalue weighted by atomic mass is 11.6. The summed E-state index contributed by atoms with van der Waals surface area (Å²) in [7, 11) is 0. The molecule has 2 N–H and O–H groups in total. The molecule has 0 heterocycles. The molecule has 0 saturated heterocycles. The number of nitrogens with one attached hydrogen (secondary N) is 2. The average Bonchev–Trinajstić information content (AvgIpc) is 2.04. The standard InChI is InChI=1S/C2N2O2.2CHNO/c5-1-3-4-2-6;2*2-1-3/h;2*2H. The van der Waals surface area contributed by atoms with Gasteiger partial charge in [0.1, 0.15) is 0 Å². The van der Waals surface area contributed by atoms with E-state index in [0.29, 0.717) is 0 Å². The maximum atomic E-state index is 9.00. The van der Waals surface area contributed by atoms with Crippen LogP contribution in [0.4, 0.5) is 0 Å². The maximum absolute atomic E-state index is 9.00. The summed E-state index contributed by atoms with van der Waals surface area (Å²) in [5, 5.41) is 15.8. The minimum atomic E-state index is 0.750. The van der Waals surface area contributed by atoms with Crippen LogP contribution in [0.5, 0.6) is 0 Å². The lowest BCUT2D eigenvalue weighted by Gasteiger charge is -1.44. The van der Waals surface area contributed by atoms with Crippen LogP contribution in [0.3, 0.4) is 0 Å². The predicted octanol–water partition coefficient (Wildman–Crippen LogP) is -0.625. The summed E-state index contributed by atoms with van der Waals surface area (Å²) in [6, 6.07) is 0. The highest BCUT2D eigenvalue weighted by molar-refractivity contribution is 5.37. The van der Waals surface area contributed by atoms with Crippen LogP contribution in [0.2, 0.25) is 0 Å². The molecule has 0 saturated carbocycles. The molecule has 0 fully saturated rings. The fourth-order valence-corrected chi connectivity index (χ4v) is 0.0408. The van der Waals surface area contributed by atoms with Gasteiger partial charge in [-0.15, -0.1) is 0 Å². The first kappa shape index (κ1) is 16.3. The molecule has 0 aromatic heterocycles. The van der Waals surface area contributed by atoms with Crippen molar-refractivity contribution in [2.45, 2.75) is 0 Å². The van der Waals surface area contributed by atoms with Crippen molar-refractivity contribution in [3.63, 3.8) is 0 Å². The van der Waals surface area contributed by atoms with Gasteiger partial charge in [0.15, 0.2) is 0 Å². The van der Waals surface area contributed by atoms with Gasteiger partial charge in [-0.25, -0.2) is 30.0 Å². The van der Waals surface area contributed by atoms with Gasteiger partial charge in [0.2, 0.25) is 12.2 Å². The second-order valence-electron chi connectivity index (χ2n) is 0.587. The van der Waals surface area contributed by atoms with Crippen molar-refractivity contribution in [1.29, 1.82) is 10.8 Å². The van der Waals surface area contributed by atoms with E-state index in [4.69, 9.17) is 30.0 Å². The molecule has 0 atom stereocenters. The summed E-state index contributed by atoms with van der Waals surface area (Å²) < 4.78 is 0. The Balaban J connectivity index is -0.000000115. The zero-order valence-corrected chi connectivity index (χ0v) is 5.53. The average molecular weight is 170 g/mol. The van der Waals surface area contributed by atoms with Crippen molar-refractivity contribution in [1.82, 2.24) is 0 Å². The van der Waals surface area contributed by atoms with Crippen molar-refractivity contribution >= 4 is 24.3 Å². The lowest BCUT2D eigenvalue weighted by Crippen LogP contribution is -1.45. The van der Waals surface area contributed by atoms with Crippen LogP contribution < -0.4 is 0 Å². The summed E-state index contributed by atoms with van der Waals surface area (Å²) >= 11 is 0. The van der Waals surface area contributed by atoms with E-state index in [-0.39, 0.29) is 0 Å². The summed E-state index contributed by atoms with van der Waals surface area (Å²) in [4.78, 5) is 34.7. The van der Waals surface area contributed by atoms with E-state index in [2.05, 4.69) is 10.2 Å². The maximum Gasteiger partial charge on any atom is 0.261 e. The van der Waals surface area contributed by atoms with Gasteiger partial charge in [-0.2, -0.15) is 0 Å². The molecule has 12 heavy (non-hydrogen) atoms. The van der Waals surface area contributed by atoms with E-state index in [1.54, 1.807) is 0 Å². The highest BCUT2D eigenvalue weighted by Gasteiger charge is 1.49.